The van der Waals surface area contributed by atoms with Gasteiger partial charge in [0.05, 0.1) is 0 Å². The Morgan fingerprint density at radius 2 is 1.85 bits per heavy atom. The zero-order chi connectivity index (χ0) is 14.5. The van der Waals surface area contributed by atoms with Gasteiger partial charge in [-0.15, -0.1) is 0 Å². The molecule has 2 aromatic carbocycles. The summed E-state index contributed by atoms with van der Waals surface area (Å²) < 4.78 is 28.6. The summed E-state index contributed by atoms with van der Waals surface area (Å²) in [6.07, 6.45) is 0.411. The highest BCUT2D eigenvalue weighted by Crippen LogP contribution is 2.25. The van der Waals surface area contributed by atoms with E-state index in [-0.39, 0.29) is 17.7 Å². The second-order valence-corrected chi connectivity index (χ2v) is 5.49. The van der Waals surface area contributed by atoms with Crippen LogP contribution in [0.4, 0.5) is 8.78 Å². The van der Waals surface area contributed by atoms with Crippen LogP contribution in [0.25, 0.3) is 0 Å². The lowest BCUT2D eigenvalue weighted by atomic mass is 9.98. The summed E-state index contributed by atoms with van der Waals surface area (Å²) in [7, 11) is 0. The summed E-state index contributed by atoms with van der Waals surface area (Å²) in [5.41, 5.74) is 1.13. The Morgan fingerprint density at radius 3 is 2.55 bits per heavy atom. The number of nitrogens with one attached hydrogen (secondary N) is 1. The fourth-order valence-corrected chi connectivity index (χ4v) is 2.58. The van der Waals surface area contributed by atoms with Crippen molar-refractivity contribution in [3.63, 3.8) is 0 Å². The maximum atomic E-state index is 14.0. The van der Waals surface area contributed by atoms with Gasteiger partial charge in [0.1, 0.15) is 11.6 Å². The van der Waals surface area contributed by atoms with E-state index >= 15 is 0 Å². The molecule has 106 valence electrons. The Bertz CT molecular complexity index is 586. The first kappa shape index (κ1) is 15.1. The zero-order valence-corrected chi connectivity index (χ0v) is 12.8. The minimum atomic E-state index is -0.282. The maximum absolute atomic E-state index is 14.0. The summed E-state index contributed by atoms with van der Waals surface area (Å²) in [5.74, 6) is -0.540. The van der Waals surface area contributed by atoms with E-state index in [0.29, 0.717) is 24.1 Å². The van der Waals surface area contributed by atoms with Gasteiger partial charge in [-0.05, 0) is 42.8 Å². The summed E-state index contributed by atoms with van der Waals surface area (Å²) >= 11 is 3.35. The van der Waals surface area contributed by atoms with E-state index in [1.54, 1.807) is 30.3 Å². The first-order chi connectivity index (χ1) is 9.61. The Labute approximate surface area is 126 Å². The molecule has 0 radical (unpaired) electrons. The van der Waals surface area contributed by atoms with Crippen LogP contribution in [0.3, 0.4) is 0 Å². The number of hydrogen-bond donors (Lipinski definition) is 1. The third kappa shape index (κ3) is 3.64. The molecule has 0 heterocycles. The second kappa shape index (κ2) is 6.95. The van der Waals surface area contributed by atoms with Crippen molar-refractivity contribution in [3.05, 3.63) is 69.7 Å². The van der Waals surface area contributed by atoms with E-state index in [1.165, 1.54) is 12.1 Å². The van der Waals surface area contributed by atoms with E-state index < -0.39 is 0 Å². The van der Waals surface area contributed by atoms with Crippen molar-refractivity contribution in [2.45, 2.75) is 19.4 Å². The third-order valence-electron chi connectivity index (χ3n) is 3.17. The molecule has 0 fully saturated rings. The van der Waals surface area contributed by atoms with Crippen LogP contribution in [-0.4, -0.2) is 6.54 Å². The molecule has 4 heteroatoms. The molecule has 0 aromatic heterocycles. The van der Waals surface area contributed by atoms with E-state index in [2.05, 4.69) is 21.2 Å². The van der Waals surface area contributed by atoms with E-state index in [4.69, 9.17) is 0 Å². The van der Waals surface area contributed by atoms with E-state index in [0.717, 1.165) is 4.47 Å². The van der Waals surface area contributed by atoms with Crippen LogP contribution in [0.5, 0.6) is 0 Å². The maximum Gasteiger partial charge on any atom is 0.128 e. The van der Waals surface area contributed by atoms with Crippen LogP contribution in [0.1, 0.15) is 24.1 Å². The summed E-state index contributed by atoms with van der Waals surface area (Å²) in [6.45, 7) is 2.63. The van der Waals surface area contributed by atoms with Gasteiger partial charge in [-0.2, -0.15) is 0 Å². The molecule has 2 rings (SSSR count). The van der Waals surface area contributed by atoms with Gasteiger partial charge in [0.25, 0.3) is 0 Å². The third-order valence-corrected chi connectivity index (χ3v) is 3.66. The Morgan fingerprint density at radius 1 is 1.10 bits per heavy atom. The number of rotatable bonds is 5. The minimum absolute atomic E-state index is 0.255. The minimum Gasteiger partial charge on any atom is -0.310 e. The highest BCUT2D eigenvalue weighted by Gasteiger charge is 2.17. The van der Waals surface area contributed by atoms with Gasteiger partial charge in [-0.3, -0.25) is 0 Å². The van der Waals surface area contributed by atoms with Gasteiger partial charge in [0, 0.05) is 16.1 Å². The molecule has 0 bridgehead atoms. The number of benzene rings is 2. The Hall–Kier alpha value is -1.26. The lowest BCUT2D eigenvalue weighted by Crippen LogP contribution is -2.24. The molecule has 1 unspecified atom stereocenters. The van der Waals surface area contributed by atoms with Gasteiger partial charge in [-0.25, -0.2) is 8.78 Å². The van der Waals surface area contributed by atoms with Crippen molar-refractivity contribution in [3.8, 4) is 0 Å². The van der Waals surface area contributed by atoms with Crippen LogP contribution in [-0.2, 0) is 6.42 Å². The average Bonchev–Trinajstić information content (AvgIpc) is 2.43. The van der Waals surface area contributed by atoms with Crippen LogP contribution in [0.2, 0.25) is 0 Å². The summed E-state index contributed by atoms with van der Waals surface area (Å²) in [5, 5.41) is 3.22. The molecule has 1 atom stereocenters. The smallest absolute Gasteiger partial charge is 0.128 e. The van der Waals surface area contributed by atoms with Gasteiger partial charge < -0.3 is 5.32 Å². The molecular formula is C16H16BrF2N. The van der Waals surface area contributed by atoms with Crippen molar-refractivity contribution in [2.24, 2.45) is 0 Å². The molecule has 0 saturated carbocycles. The zero-order valence-electron chi connectivity index (χ0n) is 11.2. The first-order valence-corrected chi connectivity index (χ1v) is 7.33. The largest absolute Gasteiger partial charge is 0.310 e. The topological polar surface area (TPSA) is 12.0 Å². The predicted molar refractivity (Wildman–Crippen MR) is 80.6 cm³/mol. The fourth-order valence-electron chi connectivity index (χ4n) is 2.20. The lowest BCUT2D eigenvalue weighted by molar-refractivity contribution is 0.498. The van der Waals surface area contributed by atoms with Crippen LogP contribution < -0.4 is 5.32 Å². The molecule has 20 heavy (non-hydrogen) atoms. The molecule has 1 nitrogen and oxygen atoms in total. The quantitative estimate of drug-likeness (QED) is 0.837. The lowest BCUT2D eigenvalue weighted by Gasteiger charge is -2.19. The van der Waals surface area contributed by atoms with Gasteiger partial charge in [-0.1, -0.05) is 41.1 Å². The normalized spacial score (nSPS) is 12.4. The molecular weight excluding hydrogens is 324 g/mol. The second-order valence-electron chi connectivity index (χ2n) is 4.57. The number of halogens is 3. The number of hydrogen-bond acceptors (Lipinski definition) is 1. The average molecular weight is 340 g/mol. The standard InChI is InChI=1S/C16H16BrF2N/c1-2-20-16(9-11-5-3-4-6-14(11)18)13-10-12(17)7-8-15(13)19/h3-8,10,16,20H,2,9H2,1H3. The van der Waals surface area contributed by atoms with Gasteiger partial charge in [0.2, 0.25) is 0 Å². The molecule has 2 aromatic rings. The van der Waals surface area contributed by atoms with Crippen molar-refractivity contribution < 1.29 is 8.78 Å². The van der Waals surface area contributed by atoms with Gasteiger partial charge in [0.15, 0.2) is 0 Å². The van der Waals surface area contributed by atoms with Crippen molar-refractivity contribution in [1.29, 1.82) is 0 Å². The Balaban J connectivity index is 2.32. The van der Waals surface area contributed by atoms with Crippen molar-refractivity contribution >= 4 is 15.9 Å². The van der Waals surface area contributed by atoms with Crippen molar-refractivity contribution in [2.75, 3.05) is 6.54 Å². The molecule has 0 spiro atoms. The first-order valence-electron chi connectivity index (χ1n) is 6.53. The fraction of sp³-hybridized carbons (Fsp3) is 0.250. The molecule has 0 aliphatic rings. The monoisotopic (exact) mass is 339 g/mol. The number of likely N-dealkylation sites (N-methyl/N-ethyl adjacent to an activating group) is 1. The highest BCUT2D eigenvalue weighted by atomic mass is 79.9. The van der Waals surface area contributed by atoms with Crippen LogP contribution >= 0.6 is 15.9 Å². The Kier molecular flexibility index (Phi) is 5.26. The van der Waals surface area contributed by atoms with Crippen molar-refractivity contribution in [1.82, 2.24) is 5.32 Å². The van der Waals surface area contributed by atoms with Gasteiger partial charge >= 0.3 is 0 Å². The molecule has 0 aliphatic heterocycles. The molecule has 0 aliphatic carbocycles. The SMILES string of the molecule is CCNC(Cc1ccccc1F)c1cc(Br)ccc1F. The molecule has 0 saturated heterocycles. The van der Waals surface area contributed by atoms with Crippen LogP contribution in [0, 0.1) is 11.6 Å². The predicted octanol–water partition coefficient (Wildman–Crippen LogP) is 4.62. The van der Waals surface area contributed by atoms with Crippen LogP contribution in [0.15, 0.2) is 46.9 Å². The summed E-state index contributed by atoms with van der Waals surface area (Å²) in [6, 6.07) is 11.2. The molecule has 1 N–H and O–H groups in total. The molecule has 0 amide bonds. The summed E-state index contributed by atoms with van der Waals surface area (Å²) in [4.78, 5) is 0. The highest BCUT2D eigenvalue weighted by molar-refractivity contribution is 9.10. The van der Waals surface area contributed by atoms with E-state index in [1.807, 2.05) is 6.92 Å². The van der Waals surface area contributed by atoms with E-state index in [9.17, 15) is 8.78 Å².